The van der Waals surface area contributed by atoms with Crippen molar-refractivity contribution in [1.29, 1.82) is 0 Å². The Morgan fingerprint density at radius 3 is 2.58 bits per heavy atom. The van der Waals surface area contributed by atoms with Crippen LogP contribution in [0.15, 0.2) is 30.3 Å². The van der Waals surface area contributed by atoms with Gasteiger partial charge in [0.2, 0.25) is 5.91 Å². The standard InChI is InChI=1S/C14H17NO3S/c16-14(11-6-7-19(17,18)9-11)15-13-8-12(13)10-4-2-1-3-5-10/h1-5,11-13H,6-9H2,(H,15,16)/t11-,12+,13-/m1/s1. The maximum Gasteiger partial charge on any atom is 0.224 e. The minimum atomic E-state index is -2.98. The Hall–Kier alpha value is -1.36. The SMILES string of the molecule is O=C(N[C@@H]1C[C@H]1c1ccccc1)[C@@H]1CCS(=O)(=O)C1. The molecule has 0 radical (unpaired) electrons. The van der Waals surface area contributed by atoms with Gasteiger partial charge in [0.1, 0.15) is 0 Å². The number of sulfone groups is 1. The van der Waals surface area contributed by atoms with E-state index in [1.165, 1.54) is 5.56 Å². The molecule has 1 aromatic carbocycles. The molecule has 1 aromatic rings. The zero-order chi connectivity index (χ0) is 13.5. The fourth-order valence-electron chi connectivity index (χ4n) is 2.73. The number of benzene rings is 1. The molecule has 2 fully saturated rings. The molecule has 1 saturated heterocycles. The van der Waals surface area contributed by atoms with Gasteiger partial charge in [-0.25, -0.2) is 8.42 Å². The summed E-state index contributed by atoms with van der Waals surface area (Å²) in [5.74, 6) is 0.120. The summed E-state index contributed by atoms with van der Waals surface area (Å²) in [6.07, 6.45) is 1.42. The second-order valence-corrected chi connectivity index (χ2v) is 7.70. The van der Waals surface area contributed by atoms with E-state index in [0.717, 1.165) is 6.42 Å². The zero-order valence-corrected chi connectivity index (χ0v) is 11.4. The number of hydrogen-bond acceptors (Lipinski definition) is 3. The second kappa shape index (κ2) is 4.63. The first-order chi connectivity index (χ1) is 9.05. The van der Waals surface area contributed by atoms with Crippen LogP contribution in [0.5, 0.6) is 0 Å². The van der Waals surface area contributed by atoms with Crippen molar-refractivity contribution >= 4 is 15.7 Å². The van der Waals surface area contributed by atoms with Crippen LogP contribution in [-0.4, -0.2) is 31.9 Å². The number of carbonyl (C=O) groups excluding carboxylic acids is 1. The number of amides is 1. The van der Waals surface area contributed by atoms with Gasteiger partial charge in [0.25, 0.3) is 0 Å². The number of hydrogen-bond donors (Lipinski definition) is 1. The smallest absolute Gasteiger partial charge is 0.224 e. The first-order valence-corrected chi connectivity index (χ1v) is 8.43. The summed E-state index contributed by atoms with van der Waals surface area (Å²) < 4.78 is 22.7. The van der Waals surface area contributed by atoms with Gasteiger partial charge in [-0.15, -0.1) is 0 Å². The molecule has 19 heavy (non-hydrogen) atoms. The molecule has 1 amide bonds. The normalized spacial score (nSPS) is 31.9. The van der Waals surface area contributed by atoms with Crippen molar-refractivity contribution in [3.63, 3.8) is 0 Å². The molecule has 3 rings (SSSR count). The Bertz CT molecular complexity index is 582. The van der Waals surface area contributed by atoms with Crippen LogP contribution in [0.3, 0.4) is 0 Å². The summed E-state index contributed by atoms with van der Waals surface area (Å²) >= 11 is 0. The molecule has 1 aliphatic carbocycles. The predicted molar refractivity (Wildman–Crippen MR) is 72.5 cm³/mol. The Morgan fingerprint density at radius 1 is 1.21 bits per heavy atom. The van der Waals surface area contributed by atoms with Gasteiger partial charge in [-0.2, -0.15) is 0 Å². The van der Waals surface area contributed by atoms with Crippen LogP contribution in [0.2, 0.25) is 0 Å². The van der Waals surface area contributed by atoms with Gasteiger partial charge in [0.05, 0.1) is 17.4 Å². The van der Waals surface area contributed by atoms with Crippen LogP contribution in [0.1, 0.15) is 24.3 Å². The van der Waals surface area contributed by atoms with E-state index in [2.05, 4.69) is 17.4 Å². The number of nitrogens with one attached hydrogen (secondary N) is 1. The summed E-state index contributed by atoms with van der Waals surface area (Å²) in [5.41, 5.74) is 1.24. The fourth-order valence-corrected chi connectivity index (χ4v) is 4.47. The van der Waals surface area contributed by atoms with Crippen LogP contribution >= 0.6 is 0 Å². The Morgan fingerprint density at radius 2 is 1.95 bits per heavy atom. The van der Waals surface area contributed by atoms with E-state index in [1.54, 1.807) is 0 Å². The van der Waals surface area contributed by atoms with Gasteiger partial charge in [0, 0.05) is 12.0 Å². The van der Waals surface area contributed by atoms with E-state index < -0.39 is 9.84 Å². The van der Waals surface area contributed by atoms with Crippen LogP contribution in [-0.2, 0) is 14.6 Å². The first-order valence-electron chi connectivity index (χ1n) is 6.61. The van der Waals surface area contributed by atoms with Gasteiger partial charge in [-0.1, -0.05) is 30.3 Å². The highest BCUT2D eigenvalue weighted by molar-refractivity contribution is 7.91. The van der Waals surface area contributed by atoms with Crippen molar-refractivity contribution in [2.24, 2.45) is 5.92 Å². The molecular weight excluding hydrogens is 262 g/mol. The molecule has 2 aliphatic rings. The van der Waals surface area contributed by atoms with Gasteiger partial charge in [-0.05, 0) is 18.4 Å². The highest BCUT2D eigenvalue weighted by Crippen LogP contribution is 2.40. The lowest BCUT2D eigenvalue weighted by atomic mass is 10.1. The molecule has 102 valence electrons. The van der Waals surface area contributed by atoms with Crippen molar-refractivity contribution < 1.29 is 13.2 Å². The molecule has 5 heteroatoms. The third kappa shape index (κ3) is 2.81. The molecule has 3 atom stereocenters. The third-order valence-corrected chi connectivity index (χ3v) is 5.72. The lowest BCUT2D eigenvalue weighted by molar-refractivity contribution is -0.124. The van der Waals surface area contributed by atoms with Crippen molar-refractivity contribution in [2.75, 3.05) is 11.5 Å². The molecule has 0 spiro atoms. The molecule has 1 heterocycles. The van der Waals surface area contributed by atoms with Crippen LogP contribution in [0, 0.1) is 5.92 Å². The molecule has 1 aliphatic heterocycles. The van der Waals surface area contributed by atoms with Crippen molar-refractivity contribution in [1.82, 2.24) is 5.32 Å². The van der Waals surface area contributed by atoms with E-state index in [-0.39, 0.29) is 29.4 Å². The molecule has 0 unspecified atom stereocenters. The van der Waals surface area contributed by atoms with Gasteiger partial charge in [-0.3, -0.25) is 4.79 Å². The molecule has 1 saturated carbocycles. The fraction of sp³-hybridized carbons (Fsp3) is 0.500. The molecule has 0 aromatic heterocycles. The summed E-state index contributed by atoms with van der Waals surface area (Å²) in [6, 6.07) is 10.3. The molecule has 1 N–H and O–H groups in total. The second-order valence-electron chi connectivity index (χ2n) is 5.47. The molecule has 4 nitrogen and oxygen atoms in total. The van der Waals surface area contributed by atoms with E-state index in [0.29, 0.717) is 12.3 Å². The first kappa shape index (κ1) is 12.7. The minimum Gasteiger partial charge on any atom is -0.352 e. The number of carbonyl (C=O) groups is 1. The van der Waals surface area contributed by atoms with Crippen LogP contribution < -0.4 is 5.32 Å². The van der Waals surface area contributed by atoms with E-state index in [9.17, 15) is 13.2 Å². The summed E-state index contributed by atoms with van der Waals surface area (Å²) in [6.45, 7) is 0. The van der Waals surface area contributed by atoms with Crippen molar-refractivity contribution in [2.45, 2.75) is 24.8 Å². The highest BCUT2D eigenvalue weighted by Gasteiger charge is 2.42. The van der Waals surface area contributed by atoms with E-state index >= 15 is 0 Å². The minimum absolute atomic E-state index is 0.0154. The Kier molecular flexibility index (Phi) is 3.09. The maximum atomic E-state index is 12.0. The lowest BCUT2D eigenvalue weighted by Crippen LogP contribution is -2.33. The molecular formula is C14H17NO3S. The third-order valence-electron chi connectivity index (χ3n) is 3.95. The lowest BCUT2D eigenvalue weighted by Gasteiger charge is -2.09. The summed E-state index contributed by atoms with van der Waals surface area (Å²) in [5, 5.41) is 2.98. The highest BCUT2D eigenvalue weighted by atomic mass is 32.2. The van der Waals surface area contributed by atoms with Crippen LogP contribution in [0.4, 0.5) is 0 Å². The zero-order valence-electron chi connectivity index (χ0n) is 10.6. The van der Waals surface area contributed by atoms with E-state index in [1.807, 2.05) is 18.2 Å². The van der Waals surface area contributed by atoms with Crippen LogP contribution in [0.25, 0.3) is 0 Å². The number of rotatable bonds is 3. The Balaban J connectivity index is 1.56. The quantitative estimate of drug-likeness (QED) is 0.901. The average molecular weight is 279 g/mol. The topological polar surface area (TPSA) is 63.2 Å². The van der Waals surface area contributed by atoms with Gasteiger partial charge >= 0.3 is 0 Å². The molecule has 0 bridgehead atoms. The monoisotopic (exact) mass is 279 g/mol. The van der Waals surface area contributed by atoms with Crippen molar-refractivity contribution in [3.05, 3.63) is 35.9 Å². The van der Waals surface area contributed by atoms with Gasteiger partial charge in [0.15, 0.2) is 9.84 Å². The summed E-state index contributed by atoms with van der Waals surface area (Å²) in [4.78, 5) is 12.0. The average Bonchev–Trinajstić information content (AvgIpc) is 3.05. The van der Waals surface area contributed by atoms with Crippen molar-refractivity contribution in [3.8, 4) is 0 Å². The predicted octanol–water partition coefficient (Wildman–Crippen LogP) is 1.09. The summed E-state index contributed by atoms with van der Waals surface area (Å²) in [7, 11) is -2.98. The Labute approximate surface area is 113 Å². The van der Waals surface area contributed by atoms with Gasteiger partial charge < -0.3 is 5.32 Å². The van der Waals surface area contributed by atoms with E-state index in [4.69, 9.17) is 0 Å². The largest absolute Gasteiger partial charge is 0.352 e. The maximum absolute atomic E-state index is 12.0.